The SMILES string of the molecule is CCO[C@H]1OC(C(=O)NC2CC3CCC2C3)=C[C@@H](c2ccc(F)cc2)[C@H]1CCCO. The Labute approximate surface area is 177 Å². The molecule has 1 heterocycles. The number of benzene rings is 1. The predicted molar refractivity (Wildman–Crippen MR) is 111 cm³/mol. The van der Waals surface area contributed by atoms with Crippen LogP contribution >= 0.6 is 0 Å². The van der Waals surface area contributed by atoms with Crippen LogP contribution in [0.3, 0.4) is 0 Å². The highest BCUT2D eigenvalue weighted by atomic mass is 19.1. The highest BCUT2D eigenvalue weighted by Crippen LogP contribution is 2.45. The van der Waals surface area contributed by atoms with Crippen LogP contribution in [0.5, 0.6) is 0 Å². The lowest BCUT2D eigenvalue weighted by Crippen LogP contribution is -2.43. The Bertz CT molecular complexity index is 765. The molecule has 2 bridgehead atoms. The number of nitrogens with one attached hydrogen (secondary N) is 1. The van der Waals surface area contributed by atoms with Crippen LogP contribution in [0.1, 0.15) is 56.9 Å². The van der Waals surface area contributed by atoms with Crippen molar-refractivity contribution in [3.8, 4) is 0 Å². The van der Waals surface area contributed by atoms with Gasteiger partial charge in [-0.15, -0.1) is 0 Å². The van der Waals surface area contributed by atoms with E-state index in [0.29, 0.717) is 25.4 Å². The molecule has 0 saturated heterocycles. The van der Waals surface area contributed by atoms with Gasteiger partial charge in [0.1, 0.15) is 5.82 Å². The molecule has 0 radical (unpaired) electrons. The zero-order chi connectivity index (χ0) is 21.1. The quantitative estimate of drug-likeness (QED) is 0.674. The maximum absolute atomic E-state index is 13.5. The van der Waals surface area contributed by atoms with Crippen molar-refractivity contribution in [1.82, 2.24) is 5.32 Å². The monoisotopic (exact) mass is 417 g/mol. The van der Waals surface area contributed by atoms with E-state index in [-0.39, 0.29) is 42.0 Å². The first-order valence-corrected chi connectivity index (χ1v) is 11.3. The maximum atomic E-state index is 13.5. The van der Waals surface area contributed by atoms with Gasteiger partial charge < -0.3 is 19.9 Å². The fourth-order valence-corrected chi connectivity index (χ4v) is 5.49. The Kier molecular flexibility index (Phi) is 6.74. The normalized spacial score (nSPS) is 32.6. The summed E-state index contributed by atoms with van der Waals surface area (Å²) >= 11 is 0. The van der Waals surface area contributed by atoms with Crippen LogP contribution in [0.15, 0.2) is 36.1 Å². The number of ether oxygens (including phenoxy) is 2. The Morgan fingerprint density at radius 1 is 1.27 bits per heavy atom. The van der Waals surface area contributed by atoms with Crippen molar-refractivity contribution in [3.05, 3.63) is 47.5 Å². The minimum absolute atomic E-state index is 0.0680. The summed E-state index contributed by atoms with van der Waals surface area (Å²) in [5.41, 5.74) is 0.914. The van der Waals surface area contributed by atoms with E-state index in [1.165, 1.54) is 31.4 Å². The molecule has 6 heteroatoms. The van der Waals surface area contributed by atoms with Gasteiger partial charge in [0, 0.05) is 31.1 Å². The van der Waals surface area contributed by atoms with E-state index in [1.54, 1.807) is 12.1 Å². The Balaban J connectivity index is 1.58. The van der Waals surface area contributed by atoms with Crippen molar-refractivity contribution in [2.24, 2.45) is 17.8 Å². The second-order valence-electron chi connectivity index (χ2n) is 8.83. The van der Waals surface area contributed by atoms with E-state index >= 15 is 0 Å². The minimum atomic E-state index is -0.581. The molecular formula is C24H32FNO4. The predicted octanol–water partition coefficient (Wildman–Crippen LogP) is 3.88. The summed E-state index contributed by atoms with van der Waals surface area (Å²) in [6.45, 7) is 2.43. The van der Waals surface area contributed by atoms with Gasteiger partial charge in [0.05, 0.1) is 0 Å². The molecule has 164 valence electrons. The number of aliphatic hydroxyl groups excluding tert-OH is 1. The molecule has 1 aliphatic heterocycles. The molecule has 1 aromatic carbocycles. The average molecular weight is 418 g/mol. The van der Waals surface area contributed by atoms with Gasteiger partial charge in [-0.3, -0.25) is 4.79 Å². The molecule has 2 saturated carbocycles. The Morgan fingerprint density at radius 3 is 2.70 bits per heavy atom. The van der Waals surface area contributed by atoms with E-state index in [4.69, 9.17) is 9.47 Å². The number of fused-ring (bicyclic) bond motifs is 2. The number of aliphatic hydroxyl groups is 1. The van der Waals surface area contributed by atoms with Gasteiger partial charge in [-0.1, -0.05) is 18.6 Å². The van der Waals surface area contributed by atoms with Gasteiger partial charge in [0.25, 0.3) is 5.91 Å². The number of hydrogen-bond donors (Lipinski definition) is 2. The largest absolute Gasteiger partial charge is 0.459 e. The lowest BCUT2D eigenvalue weighted by molar-refractivity contribution is -0.167. The summed E-state index contributed by atoms with van der Waals surface area (Å²) in [5, 5.41) is 12.5. The summed E-state index contributed by atoms with van der Waals surface area (Å²) in [4.78, 5) is 13.1. The topological polar surface area (TPSA) is 67.8 Å². The molecule has 2 fully saturated rings. The highest BCUT2D eigenvalue weighted by molar-refractivity contribution is 5.92. The van der Waals surface area contributed by atoms with Crippen LogP contribution in [-0.4, -0.2) is 36.6 Å². The number of carbonyl (C=O) groups excluding carboxylic acids is 1. The zero-order valence-corrected chi connectivity index (χ0v) is 17.6. The van der Waals surface area contributed by atoms with Crippen molar-refractivity contribution in [1.29, 1.82) is 0 Å². The molecular weight excluding hydrogens is 385 g/mol. The van der Waals surface area contributed by atoms with Crippen LogP contribution in [0.4, 0.5) is 4.39 Å². The number of halogens is 1. The number of hydrogen-bond acceptors (Lipinski definition) is 4. The van der Waals surface area contributed by atoms with Gasteiger partial charge >= 0.3 is 0 Å². The van der Waals surface area contributed by atoms with Crippen molar-refractivity contribution in [2.75, 3.05) is 13.2 Å². The smallest absolute Gasteiger partial charge is 0.286 e. The molecule has 30 heavy (non-hydrogen) atoms. The number of rotatable bonds is 8. The van der Waals surface area contributed by atoms with Crippen molar-refractivity contribution < 1.29 is 23.8 Å². The molecule has 1 aromatic rings. The maximum Gasteiger partial charge on any atom is 0.286 e. The second kappa shape index (κ2) is 9.48. The third-order valence-electron chi connectivity index (χ3n) is 6.94. The summed E-state index contributed by atoms with van der Waals surface area (Å²) < 4.78 is 25.4. The van der Waals surface area contributed by atoms with E-state index < -0.39 is 6.29 Å². The highest BCUT2D eigenvalue weighted by Gasteiger charge is 2.42. The van der Waals surface area contributed by atoms with Crippen LogP contribution in [0, 0.1) is 23.6 Å². The summed E-state index contributed by atoms with van der Waals surface area (Å²) in [6, 6.07) is 6.60. The lowest BCUT2D eigenvalue weighted by atomic mass is 9.80. The van der Waals surface area contributed by atoms with Crippen molar-refractivity contribution >= 4 is 5.91 Å². The van der Waals surface area contributed by atoms with Crippen LogP contribution in [0.25, 0.3) is 0 Å². The lowest BCUT2D eigenvalue weighted by Gasteiger charge is -2.37. The molecule has 4 rings (SSSR count). The van der Waals surface area contributed by atoms with Gasteiger partial charge in [-0.2, -0.15) is 0 Å². The number of amides is 1. The van der Waals surface area contributed by atoms with Crippen LogP contribution in [-0.2, 0) is 14.3 Å². The minimum Gasteiger partial charge on any atom is -0.459 e. The van der Waals surface area contributed by atoms with Gasteiger partial charge in [0.15, 0.2) is 5.76 Å². The Morgan fingerprint density at radius 2 is 2.07 bits per heavy atom. The van der Waals surface area contributed by atoms with Crippen LogP contribution < -0.4 is 5.32 Å². The summed E-state index contributed by atoms with van der Waals surface area (Å²) in [6.07, 6.45) is 7.31. The first-order chi connectivity index (χ1) is 14.6. The molecule has 5 nitrogen and oxygen atoms in total. The fraction of sp³-hybridized carbons (Fsp3) is 0.625. The van der Waals surface area contributed by atoms with Crippen molar-refractivity contribution in [3.63, 3.8) is 0 Å². The van der Waals surface area contributed by atoms with Crippen LogP contribution in [0.2, 0.25) is 0 Å². The first-order valence-electron chi connectivity index (χ1n) is 11.3. The molecule has 1 amide bonds. The standard InChI is InChI=1S/C24H32FNO4/c1-2-29-24-19(4-3-11-27)20(16-7-9-18(25)10-8-16)14-22(30-24)23(28)26-21-13-15-5-6-17(21)12-15/h7-10,14-15,17,19-21,24,27H,2-6,11-13H2,1H3,(H,26,28)/t15?,17?,19-,20+,21?,24+/m1/s1. The van der Waals surface area contributed by atoms with Gasteiger partial charge in [0.2, 0.25) is 6.29 Å². The van der Waals surface area contributed by atoms with Gasteiger partial charge in [-0.25, -0.2) is 4.39 Å². The third-order valence-corrected chi connectivity index (χ3v) is 6.94. The molecule has 2 aliphatic carbocycles. The van der Waals surface area contributed by atoms with E-state index in [1.807, 2.05) is 13.0 Å². The number of carbonyl (C=O) groups is 1. The molecule has 3 unspecified atom stereocenters. The summed E-state index contributed by atoms with van der Waals surface area (Å²) in [7, 11) is 0. The number of allylic oxidation sites excluding steroid dienone is 1. The average Bonchev–Trinajstić information content (AvgIpc) is 3.36. The van der Waals surface area contributed by atoms with E-state index in [2.05, 4.69) is 5.32 Å². The van der Waals surface area contributed by atoms with Gasteiger partial charge in [-0.05, 0) is 74.6 Å². The fourth-order valence-electron chi connectivity index (χ4n) is 5.49. The zero-order valence-electron chi connectivity index (χ0n) is 17.6. The van der Waals surface area contributed by atoms with E-state index in [0.717, 1.165) is 17.9 Å². The Hall–Kier alpha value is -1.92. The summed E-state index contributed by atoms with van der Waals surface area (Å²) in [5.74, 6) is 0.904. The van der Waals surface area contributed by atoms with E-state index in [9.17, 15) is 14.3 Å². The first kappa shape index (κ1) is 21.3. The van der Waals surface area contributed by atoms with Crippen molar-refractivity contribution in [2.45, 2.75) is 63.7 Å². The molecule has 0 spiro atoms. The second-order valence-corrected chi connectivity index (χ2v) is 8.83. The molecule has 2 N–H and O–H groups in total. The molecule has 3 aliphatic rings. The molecule has 0 aromatic heterocycles. The molecule has 6 atom stereocenters. The third kappa shape index (κ3) is 4.54.